The van der Waals surface area contributed by atoms with E-state index in [1.807, 2.05) is 31.2 Å². The number of anilines is 1. The molecular weight excluding hydrogens is 265 g/mol. The summed E-state index contributed by atoms with van der Waals surface area (Å²) in [5.74, 6) is 0. The maximum atomic E-state index is 9.17. The molecule has 0 radical (unpaired) electrons. The predicted molar refractivity (Wildman–Crippen MR) is 59.9 cm³/mol. The van der Waals surface area contributed by atoms with Crippen molar-refractivity contribution in [1.82, 2.24) is 0 Å². The van der Waals surface area contributed by atoms with Crippen LogP contribution >= 0.6 is 22.6 Å². The van der Waals surface area contributed by atoms with Crippen LogP contribution in [0.5, 0.6) is 0 Å². The lowest BCUT2D eigenvalue weighted by molar-refractivity contribution is -0.107. The molecule has 0 spiro atoms. The maximum absolute atomic E-state index is 9.17. The summed E-state index contributed by atoms with van der Waals surface area (Å²) in [6, 6.07) is 7.77. The van der Waals surface area contributed by atoms with Crippen LogP contribution < -0.4 is 5.73 Å². The van der Waals surface area contributed by atoms with Gasteiger partial charge in [-0.25, -0.2) is 0 Å². The van der Waals surface area contributed by atoms with Crippen LogP contribution in [0.15, 0.2) is 24.3 Å². The minimum absolute atomic E-state index is 0.639. The number of hydrogen-bond acceptors (Lipinski definition) is 2. The predicted octanol–water partition coefficient (Wildman–Crippen LogP) is 2.47. The fourth-order valence-corrected chi connectivity index (χ4v) is 0.862. The molecule has 0 amide bonds. The van der Waals surface area contributed by atoms with E-state index < -0.39 is 0 Å². The third-order valence-electron chi connectivity index (χ3n) is 1.07. The summed E-state index contributed by atoms with van der Waals surface area (Å²) >= 11 is 2.20. The first kappa shape index (κ1) is 11.4. The molecule has 0 aliphatic heterocycles. The molecule has 66 valence electrons. The topological polar surface area (TPSA) is 43.1 Å². The Morgan fingerprint density at radius 2 is 2.00 bits per heavy atom. The first-order valence-electron chi connectivity index (χ1n) is 3.66. The smallest absolute Gasteiger partial charge is 0.119 e. The molecule has 1 rings (SSSR count). The van der Waals surface area contributed by atoms with E-state index in [-0.39, 0.29) is 0 Å². The summed E-state index contributed by atoms with van der Waals surface area (Å²) < 4.78 is 1.12. The Kier molecular flexibility index (Phi) is 6.75. The molecule has 0 aliphatic rings. The Morgan fingerprint density at radius 3 is 2.25 bits per heavy atom. The van der Waals surface area contributed by atoms with Crippen molar-refractivity contribution in [2.45, 2.75) is 13.3 Å². The van der Waals surface area contributed by atoms with Crippen LogP contribution in [-0.2, 0) is 4.79 Å². The molecule has 0 heterocycles. The largest absolute Gasteiger partial charge is 0.398 e. The number of nitrogens with two attached hydrogens (primary N) is 1. The van der Waals surface area contributed by atoms with Crippen molar-refractivity contribution in [1.29, 1.82) is 0 Å². The minimum atomic E-state index is 0.639. The molecule has 0 aliphatic carbocycles. The molecule has 2 nitrogen and oxygen atoms in total. The minimum Gasteiger partial charge on any atom is -0.398 e. The second-order valence-corrected chi connectivity index (χ2v) is 3.26. The van der Waals surface area contributed by atoms with Crippen molar-refractivity contribution < 1.29 is 4.79 Å². The zero-order chi connectivity index (χ0) is 9.40. The number of carbonyl (C=O) groups excluding carboxylic acids is 1. The summed E-state index contributed by atoms with van der Waals surface area (Å²) in [5, 5.41) is 0. The van der Waals surface area contributed by atoms with E-state index in [1.165, 1.54) is 0 Å². The molecule has 0 saturated heterocycles. The first-order valence-corrected chi connectivity index (χ1v) is 4.73. The van der Waals surface area contributed by atoms with Gasteiger partial charge in [0.15, 0.2) is 0 Å². The van der Waals surface area contributed by atoms with Gasteiger partial charge in [-0.2, -0.15) is 0 Å². The highest BCUT2D eigenvalue weighted by Gasteiger charge is 1.86. The van der Waals surface area contributed by atoms with E-state index in [2.05, 4.69) is 22.6 Å². The third-order valence-corrected chi connectivity index (χ3v) is 2.05. The number of hydrogen-bond donors (Lipinski definition) is 1. The normalized spacial score (nSPS) is 8.17. The van der Waals surface area contributed by atoms with Gasteiger partial charge in [-0.3, -0.25) is 0 Å². The number of carbonyl (C=O) groups is 1. The molecule has 0 saturated carbocycles. The molecule has 0 unspecified atom stereocenters. The van der Waals surface area contributed by atoms with Crippen LogP contribution in [0.25, 0.3) is 0 Å². The highest BCUT2D eigenvalue weighted by molar-refractivity contribution is 14.1. The van der Waals surface area contributed by atoms with Crippen molar-refractivity contribution in [2.24, 2.45) is 0 Å². The molecule has 1 aromatic rings. The fraction of sp³-hybridized carbons (Fsp3) is 0.222. The zero-order valence-corrected chi connectivity index (χ0v) is 9.11. The van der Waals surface area contributed by atoms with Gasteiger partial charge in [0.05, 0.1) is 0 Å². The maximum Gasteiger partial charge on any atom is 0.119 e. The standard InChI is InChI=1S/C6H6IN.C3H6O/c7-5-3-1-2-4-6(5)8;1-2-3-4/h1-4H,8H2;3H,2H2,1H3. The molecule has 2 N–H and O–H groups in total. The Balaban J connectivity index is 0.000000261. The van der Waals surface area contributed by atoms with Gasteiger partial charge in [0.25, 0.3) is 0 Å². The lowest BCUT2D eigenvalue weighted by Gasteiger charge is -1.91. The van der Waals surface area contributed by atoms with Crippen molar-refractivity contribution in [2.75, 3.05) is 5.73 Å². The molecule has 1 aromatic carbocycles. The van der Waals surface area contributed by atoms with Gasteiger partial charge in [0, 0.05) is 15.7 Å². The molecule has 0 atom stereocenters. The van der Waals surface area contributed by atoms with Gasteiger partial charge in [0.1, 0.15) is 6.29 Å². The molecule has 3 heteroatoms. The van der Waals surface area contributed by atoms with Gasteiger partial charge in [0.2, 0.25) is 0 Å². The van der Waals surface area contributed by atoms with Crippen molar-refractivity contribution in [3.63, 3.8) is 0 Å². The SMILES string of the molecule is CCC=O.Nc1ccccc1I. The van der Waals surface area contributed by atoms with Crippen LogP contribution in [0.1, 0.15) is 13.3 Å². The van der Waals surface area contributed by atoms with Crippen LogP contribution in [0.2, 0.25) is 0 Å². The number of nitrogen functional groups attached to an aromatic ring is 1. The third kappa shape index (κ3) is 5.12. The second-order valence-electron chi connectivity index (χ2n) is 2.10. The highest BCUT2D eigenvalue weighted by Crippen LogP contribution is 2.11. The molecule has 12 heavy (non-hydrogen) atoms. The quantitative estimate of drug-likeness (QED) is 0.487. The lowest BCUT2D eigenvalue weighted by atomic mass is 10.3. The Bertz CT molecular complexity index is 217. The zero-order valence-electron chi connectivity index (χ0n) is 6.96. The number of halogens is 1. The Hall–Kier alpha value is -0.580. The van der Waals surface area contributed by atoms with Crippen molar-refractivity contribution in [3.8, 4) is 0 Å². The fourth-order valence-electron chi connectivity index (χ4n) is 0.475. The summed E-state index contributed by atoms with van der Waals surface area (Å²) in [4.78, 5) is 9.17. The molecule has 0 aromatic heterocycles. The van der Waals surface area contributed by atoms with E-state index in [1.54, 1.807) is 0 Å². The second kappa shape index (κ2) is 7.09. The summed E-state index contributed by atoms with van der Waals surface area (Å²) in [6.07, 6.45) is 1.51. The lowest BCUT2D eigenvalue weighted by Crippen LogP contribution is -1.85. The van der Waals surface area contributed by atoms with Gasteiger partial charge in [-0.05, 0) is 34.7 Å². The molecule has 0 fully saturated rings. The van der Waals surface area contributed by atoms with Crippen molar-refractivity contribution in [3.05, 3.63) is 27.8 Å². The summed E-state index contributed by atoms with van der Waals surface area (Å²) in [5.41, 5.74) is 6.37. The van der Waals surface area contributed by atoms with Gasteiger partial charge >= 0.3 is 0 Å². The van der Waals surface area contributed by atoms with E-state index in [9.17, 15) is 4.79 Å². The number of aldehydes is 1. The monoisotopic (exact) mass is 277 g/mol. The molecule has 0 bridgehead atoms. The van der Waals surface area contributed by atoms with Crippen LogP contribution in [0.4, 0.5) is 5.69 Å². The Labute approximate surface area is 86.3 Å². The highest BCUT2D eigenvalue weighted by atomic mass is 127. The van der Waals surface area contributed by atoms with Crippen LogP contribution in [0.3, 0.4) is 0 Å². The van der Waals surface area contributed by atoms with E-state index >= 15 is 0 Å². The average Bonchev–Trinajstić information content (AvgIpc) is 2.11. The van der Waals surface area contributed by atoms with Crippen molar-refractivity contribution >= 4 is 34.6 Å². The molecular formula is C9H12INO. The first-order chi connectivity index (χ1) is 5.72. The Morgan fingerprint density at radius 1 is 1.50 bits per heavy atom. The number of para-hydroxylation sites is 1. The number of benzene rings is 1. The summed E-state index contributed by atoms with van der Waals surface area (Å²) in [6.45, 7) is 1.81. The average molecular weight is 277 g/mol. The van der Waals surface area contributed by atoms with Crippen LogP contribution in [0, 0.1) is 3.57 Å². The van der Waals surface area contributed by atoms with Crippen LogP contribution in [-0.4, -0.2) is 6.29 Å². The van der Waals surface area contributed by atoms with E-state index in [0.717, 1.165) is 15.5 Å². The van der Waals surface area contributed by atoms with Gasteiger partial charge in [-0.1, -0.05) is 19.1 Å². The summed E-state index contributed by atoms with van der Waals surface area (Å²) in [7, 11) is 0. The van der Waals surface area contributed by atoms with E-state index in [0.29, 0.717) is 6.42 Å². The van der Waals surface area contributed by atoms with E-state index in [4.69, 9.17) is 5.73 Å². The van der Waals surface area contributed by atoms with Gasteiger partial charge in [-0.15, -0.1) is 0 Å². The van der Waals surface area contributed by atoms with Gasteiger partial charge < -0.3 is 10.5 Å². The number of rotatable bonds is 1.